The Balaban J connectivity index is 2.08. The molecule has 56 valence electrons. The van der Waals surface area contributed by atoms with Crippen LogP contribution in [0, 0.1) is 11.8 Å². The van der Waals surface area contributed by atoms with Gasteiger partial charge in [0.25, 0.3) is 0 Å². The zero-order chi connectivity index (χ0) is 7.26. The number of rotatable bonds is 0. The summed E-state index contributed by atoms with van der Waals surface area (Å²) in [4.78, 5) is 0. The Labute approximate surface area is 67.3 Å². The summed E-state index contributed by atoms with van der Waals surface area (Å²) in [5, 5.41) is 0. The van der Waals surface area contributed by atoms with E-state index in [1.165, 1.54) is 19.3 Å². The molecule has 0 aromatic rings. The lowest BCUT2D eigenvalue weighted by molar-refractivity contribution is 0.524. The Morgan fingerprint density at radius 3 is 3.18 bits per heavy atom. The summed E-state index contributed by atoms with van der Waals surface area (Å²) in [7, 11) is 0. The third kappa shape index (κ3) is 0.699. The zero-order valence-electron chi connectivity index (χ0n) is 6.59. The Kier molecular flexibility index (Phi) is 0.993. The first-order chi connectivity index (χ1) is 5.43. The Bertz CT molecular complexity index is 278. The molecule has 0 amide bonds. The van der Waals surface area contributed by atoms with Crippen LogP contribution in [0.15, 0.2) is 35.5 Å². The quantitative estimate of drug-likeness (QED) is 0.458. The molecule has 2 unspecified atom stereocenters. The Morgan fingerprint density at radius 1 is 1.18 bits per heavy atom. The van der Waals surface area contributed by atoms with Gasteiger partial charge in [0, 0.05) is 5.92 Å². The van der Waals surface area contributed by atoms with Crippen LogP contribution < -0.4 is 0 Å². The van der Waals surface area contributed by atoms with E-state index in [1.54, 1.807) is 11.1 Å². The van der Waals surface area contributed by atoms with Crippen LogP contribution in [-0.4, -0.2) is 0 Å². The van der Waals surface area contributed by atoms with Crippen molar-refractivity contribution in [1.29, 1.82) is 0 Å². The molecular formula is C11H12. The normalized spacial score (nSPS) is 38.5. The Hall–Kier alpha value is -0.780. The van der Waals surface area contributed by atoms with Crippen molar-refractivity contribution in [2.75, 3.05) is 0 Å². The highest BCUT2D eigenvalue weighted by atomic mass is 14.4. The van der Waals surface area contributed by atoms with E-state index in [0.717, 1.165) is 11.8 Å². The minimum atomic E-state index is 0.794. The monoisotopic (exact) mass is 144 g/mol. The van der Waals surface area contributed by atoms with Crippen LogP contribution in [0.1, 0.15) is 19.3 Å². The van der Waals surface area contributed by atoms with Gasteiger partial charge in [-0.25, -0.2) is 0 Å². The first-order valence-electron chi connectivity index (χ1n) is 4.51. The SMILES string of the molecule is C1=CC2CC1CC1=CCC=C12. The molecule has 1 saturated carbocycles. The van der Waals surface area contributed by atoms with Gasteiger partial charge in [0.05, 0.1) is 0 Å². The summed E-state index contributed by atoms with van der Waals surface area (Å²) in [5.74, 6) is 1.67. The van der Waals surface area contributed by atoms with E-state index < -0.39 is 0 Å². The fourth-order valence-electron chi connectivity index (χ4n) is 2.61. The van der Waals surface area contributed by atoms with E-state index in [0.29, 0.717) is 0 Å². The number of hydrogen-bond donors (Lipinski definition) is 0. The molecule has 2 atom stereocenters. The summed E-state index contributed by atoms with van der Waals surface area (Å²) < 4.78 is 0. The van der Waals surface area contributed by atoms with Gasteiger partial charge in [-0.15, -0.1) is 0 Å². The highest BCUT2D eigenvalue weighted by molar-refractivity contribution is 5.45. The standard InChI is InChI=1S/C11H12/c1-2-9-6-8-4-5-10(7-8)11(9)3-1/h2-5,8,10H,1,6-7H2. The van der Waals surface area contributed by atoms with E-state index in [1.807, 2.05) is 0 Å². The van der Waals surface area contributed by atoms with Crippen molar-refractivity contribution < 1.29 is 0 Å². The first kappa shape index (κ1) is 5.82. The van der Waals surface area contributed by atoms with Gasteiger partial charge < -0.3 is 0 Å². The first-order valence-corrected chi connectivity index (χ1v) is 4.51. The molecule has 0 nitrogen and oxygen atoms in total. The molecule has 11 heavy (non-hydrogen) atoms. The van der Waals surface area contributed by atoms with Gasteiger partial charge >= 0.3 is 0 Å². The van der Waals surface area contributed by atoms with Crippen molar-refractivity contribution in [2.45, 2.75) is 19.3 Å². The number of hydrogen-bond acceptors (Lipinski definition) is 0. The molecular weight excluding hydrogens is 132 g/mol. The average molecular weight is 144 g/mol. The fourth-order valence-corrected chi connectivity index (χ4v) is 2.61. The molecule has 3 aliphatic rings. The van der Waals surface area contributed by atoms with Crippen molar-refractivity contribution in [3.05, 3.63) is 35.5 Å². The highest BCUT2D eigenvalue weighted by Crippen LogP contribution is 2.45. The van der Waals surface area contributed by atoms with Crippen molar-refractivity contribution in [3.63, 3.8) is 0 Å². The van der Waals surface area contributed by atoms with Crippen molar-refractivity contribution >= 4 is 0 Å². The van der Waals surface area contributed by atoms with Gasteiger partial charge in [-0.3, -0.25) is 0 Å². The van der Waals surface area contributed by atoms with Crippen molar-refractivity contribution in [2.24, 2.45) is 11.8 Å². The van der Waals surface area contributed by atoms with Gasteiger partial charge in [-0.1, -0.05) is 24.3 Å². The lowest BCUT2D eigenvalue weighted by Crippen LogP contribution is -2.10. The van der Waals surface area contributed by atoms with Crippen LogP contribution in [-0.2, 0) is 0 Å². The predicted molar refractivity (Wildman–Crippen MR) is 46.1 cm³/mol. The van der Waals surface area contributed by atoms with Crippen LogP contribution in [0.2, 0.25) is 0 Å². The number of fused-ring (bicyclic) bond motifs is 4. The fraction of sp³-hybridized carbons (Fsp3) is 0.455. The van der Waals surface area contributed by atoms with Gasteiger partial charge in [0.1, 0.15) is 0 Å². The molecule has 0 radical (unpaired) electrons. The van der Waals surface area contributed by atoms with Crippen LogP contribution in [0.3, 0.4) is 0 Å². The molecule has 1 fully saturated rings. The van der Waals surface area contributed by atoms with E-state index in [-0.39, 0.29) is 0 Å². The summed E-state index contributed by atoms with van der Waals surface area (Å²) >= 11 is 0. The molecule has 2 bridgehead atoms. The van der Waals surface area contributed by atoms with Crippen LogP contribution in [0.25, 0.3) is 0 Å². The van der Waals surface area contributed by atoms with Gasteiger partial charge in [-0.2, -0.15) is 0 Å². The molecule has 0 heteroatoms. The summed E-state index contributed by atoms with van der Waals surface area (Å²) in [6.07, 6.45) is 13.5. The summed E-state index contributed by atoms with van der Waals surface area (Å²) in [6, 6.07) is 0. The maximum absolute atomic E-state index is 2.41. The highest BCUT2D eigenvalue weighted by Gasteiger charge is 2.31. The third-order valence-corrected chi connectivity index (χ3v) is 3.13. The van der Waals surface area contributed by atoms with Gasteiger partial charge in [-0.05, 0) is 36.3 Å². The summed E-state index contributed by atoms with van der Waals surface area (Å²) in [6.45, 7) is 0. The summed E-state index contributed by atoms with van der Waals surface area (Å²) in [5.41, 5.74) is 3.30. The molecule has 0 aromatic heterocycles. The van der Waals surface area contributed by atoms with Crippen LogP contribution >= 0.6 is 0 Å². The predicted octanol–water partition coefficient (Wildman–Crippen LogP) is 2.84. The molecule has 0 aromatic carbocycles. The smallest absolute Gasteiger partial charge is 0.00233 e. The number of allylic oxidation sites excluding steroid dienone is 6. The van der Waals surface area contributed by atoms with E-state index >= 15 is 0 Å². The van der Waals surface area contributed by atoms with Gasteiger partial charge in [0.2, 0.25) is 0 Å². The van der Waals surface area contributed by atoms with E-state index in [4.69, 9.17) is 0 Å². The molecule has 3 aliphatic carbocycles. The lowest BCUT2D eigenvalue weighted by Gasteiger charge is -2.23. The second-order valence-corrected chi connectivity index (χ2v) is 3.82. The molecule has 0 saturated heterocycles. The molecule has 0 spiro atoms. The average Bonchev–Trinajstić information content (AvgIpc) is 2.58. The molecule has 3 rings (SSSR count). The van der Waals surface area contributed by atoms with Crippen LogP contribution in [0.4, 0.5) is 0 Å². The minimum absolute atomic E-state index is 0.794. The topological polar surface area (TPSA) is 0 Å². The minimum Gasteiger partial charge on any atom is -0.0844 e. The zero-order valence-corrected chi connectivity index (χ0v) is 6.59. The maximum atomic E-state index is 2.41. The van der Waals surface area contributed by atoms with E-state index in [2.05, 4.69) is 24.3 Å². The maximum Gasteiger partial charge on any atom is 0.00233 e. The molecule has 0 N–H and O–H groups in total. The third-order valence-electron chi connectivity index (χ3n) is 3.13. The van der Waals surface area contributed by atoms with Crippen molar-refractivity contribution in [1.82, 2.24) is 0 Å². The largest absolute Gasteiger partial charge is 0.0844 e. The lowest BCUT2D eigenvalue weighted by atomic mass is 9.81. The molecule has 0 aliphatic heterocycles. The van der Waals surface area contributed by atoms with Crippen LogP contribution in [0.5, 0.6) is 0 Å². The van der Waals surface area contributed by atoms with Crippen molar-refractivity contribution in [3.8, 4) is 0 Å². The second kappa shape index (κ2) is 1.88. The van der Waals surface area contributed by atoms with E-state index in [9.17, 15) is 0 Å². The van der Waals surface area contributed by atoms with Gasteiger partial charge in [0.15, 0.2) is 0 Å². The second-order valence-electron chi connectivity index (χ2n) is 3.82. The Morgan fingerprint density at radius 2 is 2.18 bits per heavy atom. The molecule has 0 heterocycles.